The molecular formula is C15H15BrClNO. The first-order chi connectivity index (χ1) is 9.15. The lowest BCUT2D eigenvalue weighted by atomic mass is 10.2. The van der Waals surface area contributed by atoms with Crippen molar-refractivity contribution < 1.29 is 4.74 Å². The SMILES string of the molecule is Cc1cccc(NCCOc2ccc(Br)cc2Cl)c1. The lowest BCUT2D eigenvalue weighted by molar-refractivity contribution is 0.333. The standard InChI is InChI=1S/C15H15BrClNO/c1-11-3-2-4-13(9-11)18-7-8-19-15-6-5-12(16)10-14(15)17/h2-6,9-10,18H,7-8H2,1H3. The summed E-state index contributed by atoms with van der Waals surface area (Å²) < 4.78 is 6.58. The van der Waals surface area contributed by atoms with Crippen molar-refractivity contribution in [3.8, 4) is 5.75 Å². The molecule has 1 N–H and O–H groups in total. The molecule has 0 saturated heterocycles. The zero-order valence-electron chi connectivity index (χ0n) is 10.6. The molecule has 2 nitrogen and oxygen atoms in total. The highest BCUT2D eigenvalue weighted by Crippen LogP contribution is 2.27. The van der Waals surface area contributed by atoms with E-state index in [1.54, 1.807) is 0 Å². The zero-order chi connectivity index (χ0) is 13.7. The van der Waals surface area contributed by atoms with E-state index in [4.69, 9.17) is 16.3 Å². The highest BCUT2D eigenvalue weighted by Gasteiger charge is 2.01. The van der Waals surface area contributed by atoms with Crippen molar-refractivity contribution >= 4 is 33.2 Å². The summed E-state index contributed by atoms with van der Waals surface area (Å²) in [6.07, 6.45) is 0. The molecule has 0 heterocycles. The van der Waals surface area contributed by atoms with Gasteiger partial charge in [0.05, 0.1) is 5.02 Å². The summed E-state index contributed by atoms with van der Waals surface area (Å²) >= 11 is 9.43. The number of hydrogen-bond donors (Lipinski definition) is 1. The number of nitrogens with one attached hydrogen (secondary N) is 1. The van der Waals surface area contributed by atoms with Gasteiger partial charge in [-0.05, 0) is 42.8 Å². The molecule has 19 heavy (non-hydrogen) atoms. The molecule has 0 aliphatic heterocycles. The number of ether oxygens (including phenoxy) is 1. The molecule has 4 heteroatoms. The van der Waals surface area contributed by atoms with Crippen molar-refractivity contribution in [2.75, 3.05) is 18.5 Å². The third-order valence-corrected chi connectivity index (χ3v) is 3.39. The lowest BCUT2D eigenvalue weighted by Crippen LogP contribution is -2.11. The molecule has 0 saturated carbocycles. The minimum Gasteiger partial charge on any atom is -0.490 e. The maximum Gasteiger partial charge on any atom is 0.138 e. The van der Waals surface area contributed by atoms with Crippen molar-refractivity contribution in [2.24, 2.45) is 0 Å². The number of hydrogen-bond acceptors (Lipinski definition) is 2. The van der Waals surface area contributed by atoms with E-state index in [2.05, 4.69) is 40.3 Å². The first-order valence-electron chi connectivity index (χ1n) is 6.03. The molecule has 2 rings (SSSR count). The lowest BCUT2D eigenvalue weighted by Gasteiger charge is -2.10. The van der Waals surface area contributed by atoms with Crippen LogP contribution in [0.15, 0.2) is 46.9 Å². The van der Waals surface area contributed by atoms with Crippen LogP contribution in [-0.2, 0) is 0 Å². The minimum absolute atomic E-state index is 0.565. The van der Waals surface area contributed by atoms with Crippen LogP contribution in [0.3, 0.4) is 0 Å². The molecule has 2 aromatic carbocycles. The third-order valence-electron chi connectivity index (χ3n) is 2.60. The van der Waals surface area contributed by atoms with Crippen LogP contribution in [0, 0.1) is 6.92 Å². The van der Waals surface area contributed by atoms with Crippen LogP contribution < -0.4 is 10.1 Å². The fourth-order valence-corrected chi connectivity index (χ4v) is 2.43. The summed E-state index contributed by atoms with van der Waals surface area (Å²) in [5.74, 6) is 0.705. The minimum atomic E-state index is 0.565. The second kappa shape index (κ2) is 6.83. The Balaban J connectivity index is 1.81. The van der Waals surface area contributed by atoms with E-state index in [0.717, 1.165) is 16.7 Å². The number of anilines is 1. The summed E-state index contributed by atoms with van der Waals surface area (Å²) in [7, 11) is 0. The van der Waals surface area contributed by atoms with Gasteiger partial charge in [-0.15, -0.1) is 0 Å². The van der Waals surface area contributed by atoms with Crippen LogP contribution in [0.4, 0.5) is 5.69 Å². The molecule has 0 spiro atoms. The second-order valence-corrected chi connectivity index (χ2v) is 5.54. The van der Waals surface area contributed by atoms with Crippen molar-refractivity contribution in [2.45, 2.75) is 6.92 Å². The molecule has 0 fully saturated rings. The fraction of sp³-hybridized carbons (Fsp3) is 0.200. The summed E-state index contributed by atoms with van der Waals surface area (Å²) in [4.78, 5) is 0. The van der Waals surface area contributed by atoms with Crippen molar-refractivity contribution in [1.29, 1.82) is 0 Å². The van der Waals surface area contributed by atoms with E-state index in [-0.39, 0.29) is 0 Å². The summed E-state index contributed by atoms with van der Waals surface area (Å²) in [6, 6.07) is 13.8. The average Bonchev–Trinajstić information content (AvgIpc) is 2.37. The number of benzene rings is 2. The Morgan fingerprint density at radius 1 is 1.21 bits per heavy atom. The van der Waals surface area contributed by atoms with Crippen molar-refractivity contribution in [1.82, 2.24) is 0 Å². The van der Waals surface area contributed by atoms with Gasteiger partial charge in [-0.3, -0.25) is 0 Å². The monoisotopic (exact) mass is 339 g/mol. The molecule has 0 aliphatic carbocycles. The maximum atomic E-state index is 6.07. The quantitative estimate of drug-likeness (QED) is 0.782. The molecule has 0 atom stereocenters. The van der Waals surface area contributed by atoms with Gasteiger partial charge in [0, 0.05) is 16.7 Å². The van der Waals surface area contributed by atoms with Crippen molar-refractivity contribution in [3.63, 3.8) is 0 Å². The van der Waals surface area contributed by atoms with Gasteiger partial charge in [-0.2, -0.15) is 0 Å². The summed E-state index contributed by atoms with van der Waals surface area (Å²) in [6.45, 7) is 3.37. The van der Waals surface area contributed by atoms with Gasteiger partial charge in [0.2, 0.25) is 0 Å². The maximum absolute atomic E-state index is 6.07. The highest BCUT2D eigenvalue weighted by molar-refractivity contribution is 9.10. The summed E-state index contributed by atoms with van der Waals surface area (Å²) in [5, 5.41) is 3.92. The van der Waals surface area contributed by atoms with E-state index in [1.807, 2.05) is 30.3 Å². The molecule has 0 radical (unpaired) electrons. The molecule has 0 unspecified atom stereocenters. The predicted molar refractivity (Wildman–Crippen MR) is 84.3 cm³/mol. The predicted octanol–water partition coefficient (Wildman–Crippen LogP) is 4.90. The Hall–Kier alpha value is -1.19. The largest absolute Gasteiger partial charge is 0.490 e. The van der Waals surface area contributed by atoms with Gasteiger partial charge < -0.3 is 10.1 Å². The van der Waals surface area contributed by atoms with E-state index < -0.39 is 0 Å². The van der Waals surface area contributed by atoms with Gasteiger partial charge >= 0.3 is 0 Å². The van der Waals surface area contributed by atoms with Crippen LogP contribution >= 0.6 is 27.5 Å². The second-order valence-electron chi connectivity index (χ2n) is 4.22. The third kappa shape index (κ3) is 4.44. The Kier molecular flexibility index (Phi) is 5.11. The van der Waals surface area contributed by atoms with E-state index in [1.165, 1.54) is 5.56 Å². The Bertz CT molecular complexity index is 560. The topological polar surface area (TPSA) is 21.3 Å². The van der Waals surface area contributed by atoms with Crippen LogP contribution in [0.5, 0.6) is 5.75 Å². The van der Waals surface area contributed by atoms with Gasteiger partial charge in [0.1, 0.15) is 12.4 Å². The number of rotatable bonds is 5. The van der Waals surface area contributed by atoms with Crippen LogP contribution in [0.2, 0.25) is 5.02 Å². The molecule has 100 valence electrons. The molecular weight excluding hydrogens is 326 g/mol. The molecule has 0 aromatic heterocycles. The number of halogens is 2. The highest BCUT2D eigenvalue weighted by atomic mass is 79.9. The first-order valence-corrected chi connectivity index (χ1v) is 7.20. The summed E-state index contributed by atoms with van der Waals surface area (Å²) in [5.41, 5.74) is 2.34. The zero-order valence-corrected chi connectivity index (χ0v) is 13.0. The molecule has 0 aliphatic rings. The normalized spacial score (nSPS) is 10.3. The van der Waals surface area contributed by atoms with E-state index >= 15 is 0 Å². The fourth-order valence-electron chi connectivity index (χ4n) is 1.70. The van der Waals surface area contributed by atoms with Gasteiger partial charge in [0.25, 0.3) is 0 Å². The van der Waals surface area contributed by atoms with Crippen molar-refractivity contribution in [3.05, 3.63) is 57.5 Å². The molecule has 2 aromatic rings. The smallest absolute Gasteiger partial charge is 0.138 e. The Morgan fingerprint density at radius 3 is 2.79 bits per heavy atom. The van der Waals surface area contributed by atoms with E-state index in [9.17, 15) is 0 Å². The van der Waals surface area contributed by atoms with Crippen LogP contribution in [0.1, 0.15) is 5.56 Å². The van der Waals surface area contributed by atoms with E-state index in [0.29, 0.717) is 17.4 Å². The van der Waals surface area contributed by atoms with Gasteiger partial charge in [-0.1, -0.05) is 39.7 Å². The van der Waals surface area contributed by atoms with Gasteiger partial charge in [0.15, 0.2) is 0 Å². The molecule has 0 amide bonds. The molecule has 0 bridgehead atoms. The first kappa shape index (κ1) is 14.2. The van der Waals surface area contributed by atoms with Gasteiger partial charge in [-0.25, -0.2) is 0 Å². The van der Waals surface area contributed by atoms with Crippen LogP contribution in [-0.4, -0.2) is 13.2 Å². The van der Waals surface area contributed by atoms with Crippen LogP contribution in [0.25, 0.3) is 0 Å². The number of aryl methyl sites for hydroxylation is 1. The Labute approximate surface area is 126 Å². The Morgan fingerprint density at radius 2 is 2.05 bits per heavy atom. The average molecular weight is 341 g/mol.